The fraction of sp³-hybridized carbons (Fsp3) is 0. The molecule has 18 heavy (non-hydrogen) atoms. The van der Waals surface area contributed by atoms with E-state index in [4.69, 9.17) is 17.2 Å². The van der Waals surface area contributed by atoms with Gasteiger partial charge >= 0.3 is 0 Å². The Hall–Kier alpha value is -2.51. The summed E-state index contributed by atoms with van der Waals surface area (Å²) >= 11 is 0. The second kappa shape index (κ2) is 4.06. The van der Waals surface area contributed by atoms with Crippen molar-refractivity contribution in [3.8, 4) is 11.3 Å². The van der Waals surface area contributed by atoms with Gasteiger partial charge in [0, 0.05) is 5.56 Å². The highest BCUT2D eigenvalue weighted by atomic mass is 19.1. The third kappa shape index (κ3) is 1.77. The minimum Gasteiger partial charge on any atom is -0.394 e. The van der Waals surface area contributed by atoms with E-state index in [1.54, 1.807) is 0 Å². The van der Waals surface area contributed by atoms with Crippen LogP contribution < -0.4 is 17.2 Å². The monoisotopic (exact) mass is 255 g/mol. The highest BCUT2D eigenvalue weighted by Gasteiger charge is 2.19. The average molecular weight is 255 g/mol. The molecule has 1 aromatic carbocycles. The molecule has 2 rings (SSSR count). The summed E-state index contributed by atoms with van der Waals surface area (Å²) in [6.45, 7) is 0. The average Bonchev–Trinajstić information content (AvgIpc) is 2.31. The zero-order valence-corrected chi connectivity index (χ0v) is 8.92. The molecule has 0 atom stereocenters. The molecule has 0 aliphatic rings. The van der Waals surface area contributed by atoms with E-state index in [9.17, 15) is 13.2 Å². The van der Waals surface area contributed by atoms with Gasteiger partial charge in [-0.1, -0.05) is 0 Å². The summed E-state index contributed by atoms with van der Waals surface area (Å²) in [7, 11) is 0. The smallest absolute Gasteiger partial charge is 0.222 e. The van der Waals surface area contributed by atoms with Gasteiger partial charge in [-0.05, 0) is 12.1 Å². The molecular weight excluding hydrogens is 247 g/mol. The van der Waals surface area contributed by atoms with Gasteiger partial charge < -0.3 is 17.2 Å². The molecule has 8 heteroatoms. The number of hydrogen-bond acceptors (Lipinski definition) is 5. The zero-order chi connectivity index (χ0) is 13.4. The second-order valence-corrected chi connectivity index (χ2v) is 3.45. The Kier molecular flexibility index (Phi) is 2.70. The predicted octanol–water partition coefficient (Wildman–Crippen LogP) is 1.31. The van der Waals surface area contributed by atoms with Crippen molar-refractivity contribution in [2.75, 3.05) is 17.2 Å². The molecule has 0 unspecified atom stereocenters. The third-order valence-corrected chi connectivity index (χ3v) is 2.28. The number of rotatable bonds is 1. The molecule has 0 aliphatic heterocycles. The van der Waals surface area contributed by atoms with E-state index < -0.39 is 34.7 Å². The third-order valence-electron chi connectivity index (χ3n) is 2.28. The highest BCUT2D eigenvalue weighted by Crippen LogP contribution is 2.30. The van der Waals surface area contributed by atoms with Gasteiger partial charge in [0.25, 0.3) is 0 Å². The number of benzene rings is 1. The van der Waals surface area contributed by atoms with Gasteiger partial charge in [0.2, 0.25) is 5.95 Å². The summed E-state index contributed by atoms with van der Waals surface area (Å²) in [5.41, 5.74) is 14.2. The van der Waals surface area contributed by atoms with E-state index >= 15 is 0 Å². The Bertz CT molecular complexity index is 629. The van der Waals surface area contributed by atoms with Crippen LogP contribution in [-0.4, -0.2) is 9.97 Å². The van der Waals surface area contributed by atoms with Gasteiger partial charge in [-0.15, -0.1) is 0 Å². The number of hydrogen-bond donors (Lipinski definition) is 3. The van der Waals surface area contributed by atoms with Crippen molar-refractivity contribution in [3.05, 3.63) is 29.6 Å². The number of halogens is 3. The van der Waals surface area contributed by atoms with Crippen LogP contribution in [0.1, 0.15) is 0 Å². The maximum absolute atomic E-state index is 13.7. The summed E-state index contributed by atoms with van der Waals surface area (Å²) in [4.78, 5) is 6.90. The molecule has 0 bridgehead atoms. The molecule has 0 spiro atoms. The van der Waals surface area contributed by atoms with E-state index in [1.165, 1.54) is 0 Å². The lowest BCUT2D eigenvalue weighted by molar-refractivity contribution is 0.589. The Morgan fingerprint density at radius 3 is 2.22 bits per heavy atom. The van der Waals surface area contributed by atoms with Crippen molar-refractivity contribution in [1.82, 2.24) is 9.97 Å². The van der Waals surface area contributed by atoms with E-state index in [-0.39, 0.29) is 11.5 Å². The standard InChI is InChI=1S/C10H8F3N5/c11-4-2-1-3(5(12)7(4)14)8-6(13)9(15)18-10(16)17-8/h1-2H,14H2,(H4,15,16,17,18). The van der Waals surface area contributed by atoms with Crippen LogP contribution in [0.2, 0.25) is 0 Å². The van der Waals surface area contributed by atoms with Crippen LogP contribution in [0.3, 0.4) is 0 Å². The Labute approximate surface area is 99.4 Å². The van der Waals surface area contributed by atoms with E-state index in [2.05, 4.69) is 9.97 Å². The molecule has 1 aromatic heterocycles. The molecule has 0 saturated carbocycles. The quantitative estimate of drug-likeness (QED) is 0.666. The minimum absolute atomic E-state index is 0.328. The highest BCUT2D eigenvalue weighted by molar-refractivity contribution is 5.69. The van der Waals surface area contributed by atoms with E-state index in [0.29, 0.717) is 0 Å². The number of aromatic nitrogens is 2. The first kappa shape index (κ1) is 12.0. The van der Waals surface area contributed by atoms with Crippen molar-refractivity contribution < 1.29 is 13.2 Å². The molecule has 0 saturated heterocycles. The largest absolute Gasteiger partial charge is 0.394 e. The topological polar surface area (TPSA) is 104 Å². The van der Waals surface area contributed by atoms with Crippen molar-refractivity contribution in [2.45, 2.75) is 0 Å². The summed E-state index contributed by atoms with van der Waals surface area (Å²) in [5.74, 6) is -3.99. The lowest BCUT2D eigenvalue weighted by Crippen LogP contribution is -2.07. The lowest BCUT2D eigenvalue weighted by atomic mass is 10.1. The van der Waals surface area contributed by atoms with Gasteiger partial charge in [0.05, 0.1) is 0 Å². The van der Waals surface area contributed by atoms with E-state index in [0.717, 1.165) is 12.1 Å². The minimum atomic E-state index is -1.13. The molecule has 1 heterocycles. The van der Waals surface area contributed by atoms with Gasteiger partial charge in [0.1, 0.15) is 17.2 Å². The maximum atomic E-state index is 13.7. The number of nitrogen functional groups attached to an aromatic ring is 3. The van der Waals surface area contributed by atoms with Crippen molar-refractivity contribution >= 4 is 17.5 Å². The Morgan fingerprint density at radius 1 is 0.889 bits per heavy atom. The molecule has 0 aliphatic carbocycles. The van der Waals surface area contributed by atoms with Crippen molar-refractivity contribution in [2.24, 2.45) is 0 Å². The van der Waals surface area contributed by atoms with Crippen LogP contribution >= 0.6 is 0 Å². The van der Waals surface area contributed by atoms with Crippen molar-refractivity contribution in [3.63, 3.8) is 0 Å². The van der Waals surface area contributed by atoms with E-state index in [1.807, 2.05) is 0 Å². The van der Waals surface area contributed by atoms with Crippen LogP contribution in [0.4, 0.5) is 30.6 Å². The Balaban J connectivity index is 2.74. The molecule has 0 radical (unpaired) electrons. The fourth-order valence-electron chi connectivity index (χ4n) is 1.41. The molecule has 6 N–H and O–H groups in total. The van der Waals surface area contributed by atoms with Crippen LogP contribution in [0.25, 0.3) is 11.3 Å². The van der Waals surface area contributed by atoms with Crippen LogP contribution in [-0.2, 0) is 0 Å². The predicted molar refractivity (Wildman–Crippen MR) is 60.6 cm³/mol. The SMILES string of the molecule is Nc1nc(N)c(F)c(-c2ccc(F)c(N)c2F)n1. The summed E-state index contributed by atoms with van der Waals surface area (Å²) < 4.78 is 40.4. The summed E-state index contributed by atoms with van der Waals surface area (Å²) in [5, 5.41) is 0. The molecule has 0 amide bonds. The molecule has 94 valence electrons. The molecule has 5 nitrogen and oxygen atoms in total. The van der Waals surface area contributed by atoms with Gasteiger partial charge in [-0.3, -0.25) is 0 Å². The number of nitrogens with zero attached hydrogens (tertiary/aromatic N) is 2. The molecule has 0 fully saturated rings. The fourth-order valence-corrected chi connectivity index (χ4v) is 1.41. The first-order chi connectivity index (χ1) is 8.41. The first-order valence-corrected chi connectivity index (χ1v) is 4.74. The Morgan fingerprint density at radius 2 is 1.56 bits per heavy atom. The second-order valence-electron chi connectivity index (χ2n) is 3.45. The first-order valence-electron chi connectivity index (χ1n) is 4.74. The number of nitrogens with two attached hydrogens (primary N) is 3. The van der Waals surface area contributed by atoms with Gasteiger partial charge in [-0.2, -0.15) is 4.98 Å². The van der Waals surface area contributed by atoms with Crippen LogP contribution in [0.15, 0.2) is 12.1 Å². The summed E-state index contributed by atoms with van der Waals surface area (Å²) in [6.07, 6.45) is 0. The zero-order valence-electron chi connectivity index (χ0n) is 8.92. The van der Waals surface area contributed by atoms with Crippen LogP contribution in [0, 0.1) is 17.5 Å². The number of anilines is 3. The van der Waals surface area contributed by atoms with Gasteiger partial charge in [-0.25, -0.2) is 18.2 Å². The maximum Gasteiger partial charge on any atom is 0.222 e. The van der Waals surface area contributed by atoms with Crippen LogP contribution in [0.5, 0.6) is 0 Å². The lowest BCUT2D eigenvalue weighted by Gasteiger charge is -2.08. The summed E-state index contributed by atoms with van der Waals surface area (Å²) in [6, 6.07) is 1.88. The van der Waals surface area contributed by atoms with Gasteiger partial charge in [0.15, 0.2) is 17.5 Å². The molecule has 2 aromatic rings. The normalized spacial score (nSPS) is 10.6. The van der Waals surface area contributed by atoms with Crippen molar-refractivity contribution in [1.29, 1.82) is 0 Å². The molecular formula is C10H8F3N5.